The average Bonchev–Trinajstić information content (AvgIpc) is 3.17. The van der Waals surface area contributed by atoms with Crippen LogP contribution in [0, 0.1) is 5.92 Å². The Labute approximate surface area is 165 Å². The molecular weight excluding hydrogens is 356 g/mol. The number of aromatic nitrogens is 2. The van der Waals surface area contributed by atoms with Crippen LogP contribution in [0.3, 0.4) is 0 Å². The van der Waals surface area contributed by atoms with Crippen LogP contribution in [0.1, 0.15) is 19.8 Å². The molecule has 3 rings (SSSR count). The first-order valence-corrected chi connectivity index (χ1v) is 9.87. The number of esters is 1. The lowest BCUT2D eigenvalue weighted by atomic mass is 9.96. The van der Waals surface area contributed by atoms with Crippen molar-refractivity contribution in [3.8, 4) is 11.4 Å². The molecule has 0 spiro atoms. The van der Waals surface area contributed by atoms with E-state index in [4.69, 9.17) is 4.74 Å². The van der Waals surface area contributed by atoms with Crippen molar-refractivity contribution < 1.29 is 14.3 Å². The maximum absolute atomic E-state index is 12.0. The third kappa shape index (κ3) is 5.66. The third-order valence-electron chi connectivity index (χ3n) is 5.01. The van der Waals surface area contributed by atoms with Crippen LogP contribution in [0.4, 0.5) is 0 Å². The van der Waals surface area contributed by atoms with Crippen LogP contribution in [-0.2, 0) is 20.9 Å². The van der Waals surface area contributed by atoms with Gasteiger partial charge in [0.15, 0.2) is 0 Å². The second kappa shape index (κ2) is 10.0. The maximum atomic E-state index is 12.0. The number of nitrogens with one attached hydrogen (secondary N) is 1. The Bertz CT molecular complexity index is 767. The third-order valence-corrected chi connectivity index (χ3v) is 5.01. The molecule has 1 saturated heterocycles. The van der Waals surface area contributed by atoms with Gasteiger partial charge in [-0.25, -0.2) is 4.98 Å². The van der Waals surface area contributed by atoms with Gasteiger partial charge in [-0.15, -0.1) is 0 Å². The number of carbonyl (C=O) groups excluding carboxylic acids is 2. The summed E-state index contributed by atoms with van der Waals surface area (Å²) in [7, 11) is 0. The van der Waals surface area contributed by atoms with Gasteiger partial charge in [0, 0.05) is 24.5 Å². The summed E-state index contributed by atoms with van der Waals surface area (Å²) in [5, 5.41) is 2.62. The van der Waals surface area contributed by atoms with Crippen molar-refractivity contribution in [2.24, 2.45) is 5.92 Å². The van der Waals surface area contributed by atoms with Gasteiger partial charge < -0.3 is 14.6 Å². The number of likely N-dealkylation sites (tertiary alicyclic amines) is 1. The molecule has 28 heavy (non-hydrogen) atoms. The quantitative estimate of drug-likeness (QED) is 0.704. The molecule has 7 nitrogen and oxygen atoms in total. The Kier molecular flexibility index (Phi) is 7.19. The van der Waals surface area contributed by atoms with Gasteiger partial charge in [-0.05, 0) is 38.8 Å². The van der Waals surface area contributed by atoms with E-state index in [2.05, 4.69) is 31.9 Å². The standard InChI is InChI=1S/C21H28N4O3/c1-2-28-20(27)14-23-19(26)16-24-11-8-17(9-12-24)15-25-13-10-22-21(25)18-6-4-3-5-7-18/h3-7,10,13,17H,2,8-9,11-12,14-16H2,1H3,(H,23,26). The van der Waals surface area contributed by atoms with E-state index < -0.39 is 5.97 Å². The smallest absolute Gasteiger partial charge is 0.325 e. The van der Waals surface area contributed by atoms with E-state index in [-0.39, 0.29) is 12.5 Å². The summed E-state index contributed by atoms with van der Waals surface area (Å²) in [6.45, 7) is 5.03. The van der Waals surface area contributed by atoms with Crippen LogP contribution in [-0.4, -0.2) is 59.1 Å². The minimum absolute atomic E-state index is 0.0635. The minimum Gasteiger partial charge on any atom is -0.465 e. The Balaban J connectivity index is 1.43. The number of ether oxygens (including phenoxy) is 1. The van der Waals surface area contributed by atoms with Gasteiger partial charge in [0.05, 0.1) is 13.2 Å². The fraction of sp³-hybridized carbons (Fsp3) is 0.476. The van der Waals surface area contributed by atoms with Crippen LogP contribution >= 0.6 is 0 Å². The lowest BCUT2D eigenvalue weighted by Gasteiger charge is -2.31. The predicted octanol–water partition coefficient (Wildman–Crippen LogP) is 1.94. The first-order valence-electron chi connectivity index (χ1n) is 9.87. The fourth-order valence-corrected chi connectivity index (χ4v) is 3.55. The number of carbonyl (C=O) groups is 2. The van der Waals surface area contributed by atoms with Crippen LogP contribution < -0.4 is 5.32 Å². The Morgan fingerprint density at radius 1 is 1.21 bits per heavy atom. The summed E-state index contributed by atoms with van der Waals surface area (Å²) in [5.41, 5.74) is 1.13. The van der Waals surface area contributed by atoms with Gasteiger partial charge in [0.1, 0.15) is 12.4 Å². The minimum atomic E-state index is -0.399. The van der Waals surface area contributed by atoms with Gasteiger partial charge in [-0.2, -0.15) is 0 Å². The molecule has 2 aromatic rings. The van der Waals surface area contributed by atoms with Crippen molar-refractivity contribution in [1.29, 1.82) is 0 Å². The molecule has 0 bridgehead atoms. The Morgan fingerprint density at radius 3 is 2.68 bits per heavy atom. The van der Waals surface area contributed by atoms with Crippen LogP contribution in [0.25, 0.3) is 11.4 Å². The summed E-state index contributed by atoms with van der Waals surface area (Å²) < 4.78 is 7.04. The Hall–Kier alpha value is -2.67. The molecule has 150 valence electrons. The number of amides is 1. The van der Waals surface area contributed by atoms with E-state index in [1.807, 2.05) is 30.6 Å². The van der Waals surface area contributed by atoms with Gasteiger partial charge in [0.25, 0.3) is 0 Å². The number of imidazole rings is 1. The number of hydrogen-bond donors (Lipinski definition) is 1. The van der Waals surface area contributed by atoms with E-state index in [1.54, 1.807) is 6.92 Å². The highest BCUT2D eigenvalue weighted by molar-refractivity contribution is 5.83. The van der Waals surface area contributed by atoms with E-state index in [9.17, 15) is 9.59 Å². The summed E-state index contributed by atoms with van der Waals surface area (Å²) in [5.74, 6) is 1.04. The summed E-state index contributed by atoms with van der Waals surface area (Å²) >= 11 is 0. The summed E-state index contributed by atoms with van der Waals surface area (Å²) in [6.07, 6.45) is 5.97. The molecule has 2 heterocycles. The highest BCUT2D eigenvalue weighted by Gasteiger charge is 2.22. The molecule has 1 aliphatic heterocycles. The molecule has 0 saturated carbocycles. The molecule has 0 unspecified atom stereocenters. The van der Waals surface area contributed by atoms with Crippen molar-refractivity contribution in [3.05, 3.63) is 42.7 Å². The zero-order chi connectivity index (χ0) is 19.8. The molecule has 1 N–H and O–H groups in total. The van der Waals surface area contributed by atoms with Crippen molar-refractivity contribution in [2.75, 3.05) is 32.8 Å². The van der Waals surface area contributed by atoms with E-state index in [0.29, 0.717) is 19.1 Å². The molecule has 1 aliphatic rings. The topological polar surface area (TPSA) is 76.5 Å². The average molecular weight is 384 g/mol. The number of rotatable bonds is 8. The molecule has 0 radical (unpaired) electrons. The van der Waals surface area contributed by atoms with Crippen LogP contribution in [0.2, 0.25) is 0 Å². The van der Waals surface area contributed by atoms with Gasteiger partial charge in [0.2, 0.25) is 5.91 Å². The summed E-state index contributed by atoms with van der Waals surface area (Å²) in [4.78, 5) is 30.0. The van der Waals surface area contributed by atoms with Crippen LogP contribution in [0.15, 0.2) is 42.7 Å². The number of benzene rings is 1. The molecule has 1 fully saturated rings. The SMILES string of the molecule is CCOC(=O)CNC(=O)CN1CCC(Cn2ccnc2-c2ccccc2)CC1. The first kappa shape index (κ1) is 20.1. The molecule has 1 aromatic carbocycles. The number of hydrogen-bond acceptors (Lipinski definition) is 5. The molecule has 0 aliphatic carbocycles. The lowest BCUT2D eigenvalue weighted by Crippen LogP contribution is -2.43. The van der Waals surface area contributed by atoms with Crippen molar-refractivity contribution in [1.82, 2.24) is 19.8 Å². The predicted molar refractivity (Wildman–Crippen MR) is 106 cm³/mol. The number of piperidine rings is 1. The lowest BCUT2D eigenvalue weighted by molar-refractivity contribution is -0.143. The zero-order valence-electron chi connectivity index (χ0n) is 16.3. The molecular formula is C21H28N4O3. The van der Waals surface area contributed by atoms with Gasteiger partial charge in [-0.1, -0.05) is 30.3 Å². The van der Waals surface area contributed by atoms with Crippen molar-refractivity contribution >= 4 is 11.9 Å². The van der Waals surface area contributed by atoms with Gasteiger partial charge >= 0.3 is 5.97 Å². The molecule has 0 atom stereocenters. The van der Waals surface area contributed by atoms with E-state index in [1.165, 1.54) is 0 Å². The fourth-order valence-electron chi connectivity index (χ4n) is 3.55. The highest BCUT2D eigenvalue weighted by atomic mass is 16.5. The van der Waals surface area contributed by atoms with Crippen LogP contribution in [0.5, 0.6) is 0 Å². The largest absolute Gasteiger partial charge is 0.465 e. The molecule has 7 heteroatoms. The van der Waals surface area contributed by atoms with Crippen molar-refractivity contribution in [3.63, 3.8) is 0 Å². The van der Waals surface area contributed by atoms with Crippen molar-refractivity contribution in [2.45, 2.75) is 26.3 Å². The highest BCUT2D eigenvalue weighted by Crippen LogP contribution is 2.23. The summed E-state index contributed by atoms with van der Waals surface area (Å²) in [6, 6.07) is 10.2. The first-order chi connectivity index (χ1) is 13.7. The van der Waals surface area contributed by atoms with Gasteiger partial charge in [-0.3, -0.25) is 14.5 Å². The molecule has 1 aromatic heterocycles. The second-order valence-electron chi connectivity index (χ2n) is 7.07. The van der Waals surface area contributed by atoms with E-state index in [0.717, 1.165) is 43.9 Å². The second-order valence-corrected chi connectivity index (χ2v) is 7.07. The maximum Gasteiger partial charge on any atom is 0.325 e. The number of nitrogens with zero attached hydrogens (tertiary/aromatic N) is 3. The molecule has 1 amide bonds. The monoisotopic (exact) mass is 384 g/mol. The normalized spacial score (nSPS) is 15.3. The van der Waals surface area contributed by atoms with E-state index >= 15 is 0 Å². The zero-order valence-corrected chi connectivity index (χ0v) is 16.3. The Morgan fingerprint density at radius 2 is 1.96 bits per heavy atom.